The lowest BCUT2D eigenvalue weighted by molar-refractivity contribution is 0.277. The van der Waals surface area contributed by atoms with Crippen molar-refractivity contribution in [1.29, 1.82) is 0 Å². The van der Waals surface area contributed by atoms with Crippen LogP contribution in [-0.4, -0.2) is 10.1 Å². The number of aliphatic hydroxyl groups excluding tert-OH is 1. The molecular weight excluding hydrogens is 204 g/mol. The smallest absolute Gasteiger partial charge is 0.181 e. The lowest BCUT2D eigenvalue weighted by Crippen LogP contribution is -1.90. The average molecular weight is 211 g/mol. The summed E-state index contributed by atoms with van der Waals surface area (Å²) >= 11 is 0. The lowest BCUT2D eigenvalue weighted by Gasteiger charge is -2.00. The third-order valence-electron chi connectivity index (χ3n) is 1.96. The van der Waals surface area contributed by atoms with Crippen molar-refractivity contribution in [2.75, 3.05) is 0 Å². The van der Waals surface area contributed by atoms with Gasteiger partial charge in [-0.15, -0.1) is 0 Å². The van der Waals surface area contributed by atoms with Crippen molar-refractivity contribution >= 4 is 0 Å². The van der Waals surface area contributed by atoms with E-state index < -0.39 is 11.6 Å². The van der Waals surface area contributed by atoms with Crippen molar-refractivity contribution in [1.82, 2.24) is 4.98 Å². The van der Waals surface area contributed by atoms with Gasteiger partial charge < -0.3 is 9.52 Å². The Bertz CT molecular complexity index is 482. The molecule has 0 bridgehead atoms. The summed E-state index contributed by atoms with van der Waals surface area (Å²) in [6.45, 7) is -0.387. The number of hydrogen-bond donors (Lipinski definition) is 1. The zero-order valence-corrected chi connectivity index (χ0v) is 7.58. The number of nitrogens with zero attached hydrogens (tertiary/aromatic N) is 1. The van der Waals surface area contributed by atoms with Crippen LogP contribution in [0.4, 0.5) is 8.78 Å². The topological polar surface area (TPSA) is 46.3 Å². The van der Waals surface area contributed by atoms with Crippen molar-refractivity contribution in [3.63, 3.8) is 0 Å². The molecule has 3 nitrogen and oxygen atoms in total. The van der Waals surface area contributed by atoms with E-state index in [1.165, 1.54) is 0 Å². The van der Waals surface area contributed by atoms with Crippen molar-refractivity contribution in [3.8, 4) is 11.3 Å². The van der Waals surface area contributed by atoms with E-state index in [0.717, 1.165) is 24.6 Å². The van der Waals surface area contributed by atoms with Crippen molar-refractivity contribution in [2.45, 2.75) is 6.61 Å². The first-order valence-corrected chi connectivity index (χ1v) is 4.21. The molecular formula is C10H7F2NO2. The van der Waals surface area contributed by atoms with Crippen LogP contribution in [0.3, 0.4) is 0 Å². The van der Waals surface area contributed by atoms with Gasteiger partial charge in [0.25, 0.3) is 0 Å². The Balaban J connectivity index is 2.58. The third-order valence-corrected chi connectivity index (χ3v) is 1.96. The number of rotatable bonds is 2. The van der Waals surface area contributed by atoms with Crippen molar-refractivity contribution in [2.24, 2.45) is 0 Å². The lowest BCUT2D eigenvalue weighted by atomic mass is 10.1. The molecule has 0 spiro atoms. The highest BCUT2D eigenvalue weighted by atomic mass is 19.1. The molecule has 0 saturated heterocycles. The quantitative estimate of drug-likeness (QED) is 0.827. The molecule has 0 aliphatic rings. The summed E-state index contributed by atoms with van der Waals surface area (Å²) in [5.74, 6) is -1.15. The van der Waals surface area contributed by atoms with Gasteiger partial charge in [-0.2, -0.15) is 0 Å². The van der Waals surface area contributed by atoms with E-state index in [-0.39, 0.29) is 23.6 Å². The highest BCUT2D eigenvalue weighted by Crippen LogP contribution is 2.26. The molecule has 0 aliphatic heterocycles. The number of oxazole rings is 1. The number of aromatic nitrogens is 1. The standard InChI is InChI=1S/C10H7F2NO2/c11-6-1-2-8(12)7(3-6)10-9(4-14)13-5-15-10/h1-3,5,14H,4H2. The summed E-state index contributed by atoms with van der Waals surface area (Å²) in [6.07, 6.45) is 1.07. The summed E-state index contributed by atoms with van der Waals surface area (Å²) in [4.78, 5) is 3.68. The number of aliphatic hydroxyl groups is 1. The maximum atomic E-state index is 13.3. The molecule has 1 aromatic heterocycles. The number of hydrogen-bond acceptors (Lipinski definition) is 3. The predicted molar refractivity (Wildman–Crippen MR) is 47.8 cm³/mol. The van der Waals surface area contributed by atoms with Crippen LogP contribution in [0.5, 0.6) is 0 Å². The fourth-order valence-electron chi connectivity index (χ4n) is 1.27. The van der Waals surface area contributed by atoms with Crippen LogP contribution in [0, 0.1) is 11.6 Å². The van der Waals surface area contributed by atoms with Gasteiger partial charge in [0.05, 0.1) is 12.2 Å². The van der Waals surface area contributed by atoms with E-state index in [0.29, 0.717) is 0 Å². The van der Waals surface area contributed by atoms with Gasteiger partial charge in [0, 0.05) is 0 Å². The Hall–Kier alpha value is -1.75. The zero-order chi connectivity index (χ0) is 10.8. The molecule has 0 saturated carbocycles. The zero-order valence-electron chi connectivity index (χ0n) is 7.58. The summed E-state index contributed by atoms with van der Waals surface area (Å²) in [5, 5.41) is 8.89. The second kappa shape index (κ2) is 3.78. The molecule has 15 heavy (non-hydrogen) atoms. The number of benzene rings is 1. The highest BCUT2D eigenvalue weighted by molar-refractivity contribution is 5.60. The van der Waals surface area contributed by atoms with Gasteiger partial charge in [0.2, 0.25) is 0 Å². The maximum absolute atomic E-state index is 13.3. The Morgan fingerprint density at radius 3 is 2.87 bits per heavy atom. The third kappa shape index (κ3) is 1.73. The second-order valence-corrected chi connectivity index (χ2v) is 2.91. The van der Waals surface area contributed by atoms with Gasteiger partial charge in [0.15, 0.2) is 12.2 Å². The first kappa shape index (κ1) is 9.79. The van der Waals surface area contributed by atoms with Crippen LogP contribution in [0.2, 0.25) is 0 Å². The summed E-state index contributed by atoms with van der Waals surface area (Å²) in [5.41, 5.74) is 0.135. The molecule has 0 amide bonds. The van der Waals surface area contributed by atoms with E-state index >= 15 is 0 Å². The van der Waals surface area contributed by atoms with Crippen LogP contribution in [0.15, 0.2) is 29.0 Å². The molecule has 78 valence electrons. The Kier molecular flexibility index (Phi) is 2.47. The largest absolute Gasteiger partial charge is 0.443 e. The minimum Gasteiger partial charge on any atom is -0.443 e. The van der Waals surface area contributed by atoms with E-state index in [1.807, 2.05) is 0 Å². The van der Waals surface area contributed by atoms with E-state index in [1.54, 1.807) is 0 Å². The van der Waals surface area contributed by atoms with Gasteiger partial charge in [0.1, 0.15) is 17.3 Å². The molecule has 0 radical (unpaired) electrons. The van der Waals surface area contributed by atoms with Gasteiger partial charge in [-0.25, -0.2) is 13.8 Å². The monoisotopic (exact) mass is 211 g/mol. The first-order valence-electron chi connectivity index (χ1n) is 4.21. The van der Waals surface area contributed by atoms with Crippen LogP contribution < -0.4 is 0 Å². The number of halogens is 2. The second-order valence-electron chi connectivity index (χ2n) is 2.91. The molecule has 0 unspecified atom stereocenters. The predicted octanol–water partition coefficient (Wildman–Crippen LogP) is 2.11. The van der Waals surface area contributed by atoms with Crippen molar-refractivity contribution in [3.05, 3.63) is 41.9 Å². The van der Waals surface area contributed by atoms with Gasteiger partial charge in [-0.3, -0.25) is 0 Å². The fraction of sp³-hybridized carbons (Fsp3) is 0.100. The van der Waals surface area contributed by atoms with Gasteiger partial charge in [-0.05, 0) is 18.2 Å². The molecule has 0 atom stereocenters. The minimum absolute atomic E-state index is 0.0449. The SMILES string of the molecule is OCc1ncoc1-c1cc(F)ccc1F. The first-order chi connectivity index (χ1) is 7.22. The van der Waals surface area contributed by atoms with E-state index in [2.05, 4.69) is 4.98 Å². The molecule has 1 aromatic carbocycles. The maximum Gasteiger partial charge on any atom is 0.181 e. The molecule has 5 heteroatoms. The summed E-state index contributed by atoms with van der Waals surface area (Å²) in [6, 6.07) is 3.00. The summed E-state index contributed by atoms with van der Waals surface area (Å²) < 4.78 is 31.1. The Morgan fingerprint density at radius 2 is 2.13 bits per heavy atom. The van der Waals surface area contributed by atoms with Gasteiger partial charge >= 0.3 is 0 Å². The van der Waals surface area contributed by atoms with Crippen molar-refractivity contribution < 1.29 is 18.3 Å². The summed E-state index contributed by atoms with van der Waals surface area (Å²) in [7, 11) is 0. The fourth-order valence-corrected chi connectivity index (χ4v) is 1.27. The Morgan fingerprint density at radius 1 is 1.33 bits per heavy atom. The molecule has 2 rings (SSSR count). The molecule has 1 heterocycles. The molecule has 2 aromatic rings. The molecule has 0 aliphatic carbocycles. The highest BCUT2D eigenvalue weighted by Gasteiger charge is 2.14. The van der Waals surface area contributed by atoms with E-state index in [4.69, 9.17) is 9.52 Å². The average Bonchev–Trinajstić information content (AvgIpc) is 2.69. The van der Waals surface area contributed by atoms with E-state index in [9.17, 15) is 8.78 Å². The van der Waals surface area contributed by atoms with Crippen LogP contribution in [-0.2, 0) is 6.61 Å². The molecule has 1 N–H and O–H groups in total. The van der Waals surface area contributed by atoms with Crippen LogP contribution in [0.25, 0.3) is 11.3 Å². The van der Waals surface area contributed by atoms with Crippen LogP contribution >= 0.6 is 0 Å². The minimum atomic E-state index is -0.622. The Labute approximate surface area is 84.0 Å². The normalized spacial score (nSPS) is 10.6. The molecule has 0 fully saturated rings. The van der Waals surface area contributed by atoms with Crippen LogP contribution in [0.1, 0.15) is 5.69 Å². The van der Waals surface area contributed by atoms with Gasteiger partial charge in [-0.1, -0.05) is 0 Å².